The lowest BCUT2D eigenvalue weighted by atomic mass is 10.0. The van der Waals surface area contributed by atoms with Crippen LogP contribution >= 0.6 is 11.8 Å². The van der Waals surface area contributed by atoms with Gasteiger partial charge in [0.25, 0.3) is 0 Å². The fraction of sp³-hybridized carbons (Fsp3) is 0.727. The molecular weight excluding hydrogens is 288 g/mol. The third-order valence-electron chi connectivity index (χ3n) is 3.32. The molecule has 1 atom stereocenters. The van der Waals surface area contributed by atoms with Gasteiger partial charge in [0.2, 0.25) is 10.0 Å². The van der Waals surface area contributed by atoms with Crippen LogP contribution in [0.5, 0.6) is 0 Å². The number of aryl methyl sites for hydroxylation is 2. The van der Waals surface area contributed by atoms with Crippen molar-refractivity contribution < 1.29 is 17.7 Å². The molecule has 1 aliphatic heterocycles. The van der Waals surface area contributed by atoms with Gasteiger partial charge >= 0.3 is 0 Å². The Hall–Kier alpha value is -0.570. The molecule has 8 heteroatoms. The first-order valence-electron chi connectivity index (χ1n) is 5.96. The SMILES string of the molecule is COC1(CNS(=O)(=O)c2c(C)noc2C)CCSC1. The highest BCUT2D eigenvalue weighted by molar-refractivity contribution is 7.99. The van der Waals surface area contributed by atoms with Crippen LogP contribution in [-0.2, 0) is 14.8 Å². The van der Waals surface area contributed by atoms with Crippen molar-refractivity contribution in [2.24, 2.45) is 0 Å². The lowest BCUT2D eigenvalue weighted by Crippen LogP contribution is -2.44. The Bertz CT molecular complexity index is 528. The molecular formula is C11H18N2O4S2. The summed E-state index contributed by atoms with van der Waals surface area (Å²) in [5, 5.41) is 3.67. The molecule has 0 amide bonds. The number of aromatic nitrogens is 1. The minimum atomic E-state index is -3.61. The highest BCUT2D eigenvalue weighted by Gasteiger charge is 2.36. The van der Waals surface area contributed by atoms with Crippen LogP contribution in [0.3, 0.4) is 0 Å². The van der Waals surface area contributed by atoms with Crippen molar-refractivity contribution in [2.45, 2.75) is 30.8 Å². The summed E-state index contributed by atoms with van der Waals surface area (Å²) in [6, 6.07) is 0. The van der Waals surface area contributed by atoms with Crippen molar-refractivity contribution in [1.29, 1.82) is 0 Å². The summed E-state index contributed by atoms with van der Waals surface area (Å²) in [5.74, 6) is 2.09. The Labute approximate surface area is 117 Å². The second kappa shape index (κ2) is 5.43. The van der Waals surface area contributed by atoms with Crippen LogP contribution in [-0.4, -0.2) is 44.3 Å². The highest BCUT2D eigenvalue weighted by Crippen LogP contribution is 2.30. The number of ether oxygens (including phenoxy) is 1. The summed E-state index contributed by atoms with van der Waals surface area (Å²) in [6.45, 7) is 3.47. The minimum Gasteiger partial charge on any atom is -0.376 e. The first-order valence-corrected chi connectivity index (χ1v) is 8.59. The van der Waals surface area contributed by atoms with E-state index in [0.29, 0.717) is 11.5 Å². The van der Waals surface area contributed by atoms with Gasteiger partial charge in [0, 0.05) is 19.4 Å². The van der Waals surface area contributed by atoms with Crippen molar-refractivity contribution in [1.82, 2.24) is 9.88 Å². The van der Waals surface area contributed by atoms with Crippen LogP contribution in [0.4, 0.5) is 0 Å². The summed E-state index contributed by atoms with van der Waals surface area (Å²) in [4.78, 5) is 0.129. The van der Waals surface area contributed by atoms with E-state index in [0.717, 1.165) is 17.9 Å². The molecule has 2 rings (SSSR count). The smallest absolute Gasteiger partial charge is 0.246 e. The molecule has 19 heavy (non-hydrogen) atoms. The average molecular weight is 306 g/mol. The van der Waals surface area contributed by atoms with Crippen LogP contribution in [0.25, 0.3) is 0 Å². The number of nitrogens with zero attached hydrogens (tertiary/aromatic N) is 1. The summed E-state index contributed by atoms with van der Waals surface area (Å²) >= 11 is 1.77. The number of nitrogens with one attached hydrogen (secondary N) is 1. The van der Waals surface area contributed by atoms with E-state index in [-0.39, 0.29) is 11.4 Å². The molecule has 1 aromatic rings. The third kappa shape index (κ3) is 2.96. The van der Waals surface area contributed by atoms with Crippen molar-refractivity contribution >= 4 is 21.8 Å². The first kappa shape index (κ1) is 14.8. The van der Waals surface area contributed by atoms with Gasteiger partial charge in [0.05, 0.1) is 5.60 Å². The van der Waals surface area contributed by atoms with Crippen LogP contribution in [0.15, 0.2) is 9.42 Å². The minimum absolute atomic E-state index is 0.129. The standard InChI is InChI=1S/C11H18N2O4S2/c1-8-10(9(2)17-13-8)19(14,15)12-6-11(16-3)4-5-18-7-11/h12H,4-7H2,1-3H3. The van der Waals surface area contributed by atoms with E-state index in [4.69, 9.17) is 9.26 Å². The fourth-order valence-electron chi connectivity index (χ4n) is 2.12. The van der Waals surface area contributed by atoms with Crippen molar-refractivity contribution in [2.75, 3.05) is 25.2 Å². The predicted octanol–water partition coefficient (Wildman–Crippen LogP) is 1.09. The summed E-state index contributed by atoms with van der Waals surface area (Å²) in [6.07, 6.45) is 0.846. The molecule has 0 radical (unpaired) electrons. The molecule has 1 aliphatic rings. The number of hydrogen-bond acceptors (Lipinski definition) is 6. The van der Waals surface area contributed by atoms with E-state index < -0.39 is 15.6 Å². The molecule has 1 fully saturated rings. The topological polar surface area (TPSA) is 81.4 Å². The predicted molar refractivity (Wildman–Crippen MR) is 72.8 cm³/mol. The molecule has 0 spiro atoms. The molecule has 0 aliphatic carbocycles. The van der Waals surface area contributed by atoms with Gasteiger partial charge in [-0.1, -0.05) is 5.16 Å². The van der Waals surface area contributed by atoms with E-state index in [9.17, 15) is 8.42 Å². The van der Waals surface area contributed by atoms with E-state index in [1.807, 2.05) is 0 Å². The Morgan fingerprint density at radius 1 is 1.53 bits per heavy atom. The summed E-state index contributed by atoms with van der Waals surface area (Å²) in [7, 11) is -1.99. The van der Waals surface area contributed by atoms with Gasteiger partial charge in [-0.3, -0.25) is 0 Å². The van der Waals surface area contributed by atoms with Gasteiger partial charge in [-0.25, -0.2) is 13.1 Å². The van der Waals surface area contributed by atoms with Gasteiger partial charge in [0.15, 0.2) is 5.76 Å². The fourth-order valence-corrected chi connectivity index (χ4v) is 4.95. The number of thioether (sulfide) groups is 1. The molecule has 1 aromatic heterocycles. The molecule has 0 aromatic carbocycles. The monoisotopic (exact) mass is 306 g/mol. The van der Waals surface area contributed by atoms with Crippen LogP contribution in [0.1, 0.15) is 17.9 Å². The number of sulfonamides is 1. The Morgan fingerprint density at radius 3 is 2.74 bits per heavy atom. The molecule has 2 heterocycles. The second-order valence-electron chi connectivity index (χ2n) is 4.67. The first-order chi connectivity index (χ1) is 8.90. The van der Waals surface area contributed by atoms with Crippen LogP contribution in [0.2, 0.25) is 0 Å². The van der Waals surface area contributed by atoms with Crippen molar-refractivity contribution in [3.05, 3.63) is 11.5 Å². The zero-order valence-corrected chi connectivity index (χ0v) is 12.9. The van der Waals surface area contributed by atoms with E-state index in [2.05, 4.69) is 9.88 Å². The third-order valence-corrected chi connectivity index (χ3v) is 6.19. The van der Waals surface area contributed by atoms with Gasteiger partial charge in [-0.05, 0) is 26.0 Å². The highest BCUT2D eigenvalue weighted by atomic mass is 32.2. The maximum Gasteiger partial charge on any atom is 0.246 e. The van der Waals surface area contributed by atoms with Crippen LogP contribution in [0, 0.1) is 13.8 Å². The van der Waals surface area contributed by atoms with Crippen molar-refractivity contribution in [3.8, 4) is 0 Å². The van der Waals surface area contributed by atoms with E-state index >= 15 is 0 Å². The zero-order valence-electron chi connectivity index (χ0n) is 11.2. The molecule has 0 bridgehead atoms. The lowest BCUT2D eigenvalue weighted by molar-refractivity contribution is 0.0179. The summed E-state index contributed by atoms with van der Waals surface area (Å²) < 4.78 is 37.5. The van der Waals surface area contributed by atoms with E-state index in [1.165, 1.54) is 0 Å². The Morgan fingerprint density at radius 2 is 2.26 bits per heavy atom. The van der Waals surface area contributed by atoms with Gasteiger partial charge in [-0.15, -0.1) is 0 Å². The average Bonchev–Trinajstić information content (AvgIpc) is 2.95. The van der Waals surface area contributed by atoms with Crippen molar-refractivity contribution in [3.63, 3.8) is 0 Å². The molecule has 1 N–H and O–H groups in total. The van der Waals surface area contributed by atoms with Gasteiger partial charge in [0.1, 0.15) is 10.6 Å². The zero-order chi connectivity index (χ0) is 14.1. The molecule has 0 saturated carbocycles. The number of hydrogen-bond donors (Lipinski definition) is 1. The lowest BCUT2D eigenvalue weighted by Gasteiger charge is -2.26. The number of methoxy groups -OCH3 is 1. The molecule has 108 valence electrons. The second-order valence-corrected chi connectivity index (χ2v) is 7.48. The maximum absolute atomic E-state index is 12.3. The Balaban J connectivity index is 2.14. The maximum atomic E-state index is 12.3. The summed E-state index contributed by atoms with van der Waals surface area (Å²) in [5.41, 5.74) is -0.0336. The normalized spacial score (nSPS) is 23.9. The van der Waals surface area contributed by atoms with Gasteiger partial charge in [-0.2, -0.15) is 11.8 Å². The van der Waals surface area contributed by atoms with E-state index in [1.54, 1.807) is 32.7 Å². The Kier molecular flexibility index (Phi) is 4.24. The van der Waals surface area contributed by atoms with Crippen LogP contribution < -0.4 is 4.72 Å². The largest absolute Gasteiger partial charge is 0.376 e. The quantitative estimate of drug-likeness (QED) is 0.877. The molecule has 6 nitrogen and oxygen atoms in total. The molecule has 1 saturated heterocycles. The van der Waals surface area contributed by atoms with Gasteiger partial charge < -0.3 is 9.26 Å². The molecule has 1 unspecified atom stereocenters. The number of rotatable bonds is 5.